The molecule has 0 aromatic heterocycles. The summed E-state index contributed by atoms with van der Waals surface area (Å²) in [5.74, 6) is 1.21. The molecule has 1 aliphatic carbocycles. The summed E-state index contributed by atoms with van der Waals surface area (Å²) in [6, 6.07) is 0. The van der Waals surface area contributed by atoms with E-state index in [1.54, 1.807) is 11.8 Å². The van der Waals surface area contributed by atoms with E-state index in [4.69, 9.17) is 5.11 Å². The lowest BCUT2D eigenvalue weighted by atomic mass is 10.1. The molecule has 1 saturated carbocycles. The predicted molar refractivity (Wildman–Crippen MR) is 60.7 cm³/mol. The van der Waals surface area contributed by atoms with Crippen LogP contribution in [0, 0.1) is 5.92 Å². The number of hydrogen-bond acceptors (Lipinski definition) is 2. The minimum Gasteiger partial charge on any atom is -0.480 e. The van der Waals surface area contributed by atoms with Gasteiger partial charge in [0.2, 0.25) is 0 Å². The summed E-state index contributed by atoms with van der Waals surface area (Å²) in [6.07, 6.45) is 7.09. The van der Waals surface area contributed by atoms with Gasteiger partial charge in [0.05, 0.1) is 0 Å². The van der Waals surface area contributed by atoms with Gasteiger partial charge in [-0.25, -0.2) is 0 Å². The quantitative estimate of drug-likeness (QED) is 0.741. The molecule has 0 aromatic rings. The summed E-state index contributed by atoms with van der Waals surface area (Å²) < 4.78 is 0. The van der Waals surface area contributed by atoms with E-state index in [-0.39, 0.29) is 5.25 Å². The van der Waals surface area contributed by atoms with E-state index < -0.39 is 5.97 Å². The van der Waals surface area contributed by atoms with Crippen LogP contribution in [0.3, 0.4) is 0 Å². The Bertz CT molecular complexity index is 176. The third-order valence-electron chi connectivity index (χ3n) is 2.83. The van der Waals surface area contributed by atoms with Crippen LogP contribution in [0.4, 0.5) is 0 Å². The molecule has 0 saturated heterocycles. The summed E-state index contributed by atoms with van der Waals surface area (Å²) in [5, 5.41) is 8.79. The minimum atomic E-state index is -0.630. The molecule has 1 aliphatic rings. The fourth-order valence-corrected chi connectivity index (χ4v) is 3.35. The van der Waals surface area contributed by atoms with Gasteiger partial charge < -0.3 is 5.11 Å². The highest BCUT2D eigenvalue weighted by atomic mass is 32.2. The second kappa shape index (κ2) is 6.33. The lowest BCUT2D eigenvalue weighted by Gasteiger charge is -2.13. The smallest absolute Gasteiger partial charge is 0.316 e. The first kappa shape index (κ1) is 11.9. The van der Waals surface area contributed by atoms with Gasteiger partial charge >= 0.3 is 5.97 Å². The zero-order valence-electron chi connectivity index (χ0n) is 8.87. The summed E-state index contributed by atoms with van der Waals surface area (Å²) in [7, 11) is 0. The molecule has 1 rings (SSSR count). The Hall–Kier alpha value is -0.180. The molecule has 0 amide bonds. The van der Waals surface area contributed by atoms with Crippen LogP contribution in [0.15, 0.2) is 0 Å². The molecule has 0 bridgehead atoms. The van der Waals surface area contributed by atoms with Crippen LogP contribution in [0.1, 0.15) is 45.4 Å². The van der Waals surface area contributed by atoms with Gasteiger partial charge in [-0.2, -0.15) is 0 Å². The highest BCUT2D eigenvalue weighted by Crippen LogP contribution is 2.30. The summed E-state index contributed by atoms with van der Waals surface area (Å²) >= 11 is 1.65. The van der Waals surface area contributed by atoms with Crippen LogP contribution in [0.25, 0.3) is 0 Å². The van der Waals surface area contributed by atoms with E-state index in [1.807, 2.05) is 6.92 Å². The second-order valence-corrected chi connectivity index (χ2v) is 5.34. The molecule has 82 valence electrons. The Labute approximate surface area is 90.5 Å². The van der Waals surface area contributed by atoms with Crippen molar-refractivity contribution in [2.45, 2.75) is 50.7 Å². The van der Waals surface area contributed by atoms with Crippen molar-refractivity contribution in [2.24, 2.45) is 5.92 Å². The van der Waals surface area contributed by atoms with Crippen molar-refractivity contribution in [3.8, 4) is 0 Å². The average Bonchev–Trinajstić information content (AvgIpc) is 2.64. The standard InChI is InChI=1S/C11H20O2S/c1-2-5-10(11(12)13)14-8-9-6-3-4-7-9/h9-10H,2-8H2,1H3,(H,12,13). The van der Waals surface area contributed by atoms with Crippen molar-refractivity contribution in [1.29, 1.82) is 0 Å². The number of thioether (sulfide) groups is 1. The number of hydrogen-bond donors (Lipinski definition) is 1. The second-order valence-electron chi connectivity index (χ2n) is 4.10. The zero-order chi connectivity index (χ0) is 10.4. The summed E-state index contributed by atoms with van der Waals surface area (Å²) in [4.78, 5) is 10.9. The molecule has 1 atom stereocenters. The topological polar surface area (TPSA) is 37.3 Å². The van der Waals surface area contributed by atoms with Crippen LogP contribution in [0.2, 0.25) is 0 Å². The maximum Gasteiger partial charge on any atom is 0.316 e. The Morgan fingerprint density at radius 2 is 2.14 bits per heavy atom. The number of rotatable bonds is 6. The van der Waals surface area contributed by atoms with Crippen molar-refractivity contribution in [3.05, 3.63) is 0 Å². The summed E-state index contributed by atoms with van der Waals surface area (Å²) in [5.41, 5.74) is 0. The number of carboxylic acid groups (broad SMARTS) is 1. The molecule has 1 N–H and O–H groups in total. The molecule has 3 heteroatoms. The first-order chi connectivity index (χ1) is 6.74. The van der Waals surface area contributed by atoms with Crippen LogP contribution in [-0.4, -0.2) is 22.1 Å². The Kier molecular flexibility index (Phi) is 5.38. The lowest BCUT2D eigenvalue weighted by Crippen LogP contribution is -2.17. The largest absolute Gasteiger partial charge is 0.480 e. The van der Waals surface area contributed by atoms with Crippen molar-refractivity contribution >= 4 is 17.7 Å². The molecule has 0 aromatic carbocycles. The average molecular weight is 216 g/mol. The molecular formula is C11H20O2S. The molecule has 0 spiro atoms. The molecule has 0 radical (unpaired) electrons. The van der Waals surface area contributed by atoms with Crippen molar-refractivity contribution < 1.29 is 9.90 Å². The van der Waals surface area contributed by atoms with Gasteiger partial charge in [-0.15, -0.1) is 11.8 Å². The molecular weight excluding hydrogens is 196 g/mol. The fraction of sp³-hybridized carbons (Fsp3) is 0.909. The molecule has 0 heterocycles. The Morgan fingerprint density at radius 3 is 2.64 bits per heavy atom. The first-order valence-corrected chi connectivity index (χ1v) is 6.63. The SMILES string of the molecule is CCCC(SCC1CCCC1)C(=O)O. The fourth-order valence-electron chi connectivity index (χ4n) is 1.97. The number of carbonyl (C=O) groups is 1. The van der Waals surface area contributed by atoms with Crippen LogP contribution >= 0.6 is 11.8 Å². The van der Waals surface area contributed by atoms with Crippen LogP contribution in [-0.2, 0) is 4.79 Å². The van der Waals surface area contributed by atoms with Crippen molar-refractivity contribution in [1.82, 2.24) is 0 Å². The van der Waals surface area contributed by atoms with Crippen molar-refractivity contribution in [3.63, 3.8) is 0 Å². The molecule has 1 fully saturated rings. The normalized spacial score (nSPS) is 19.8. The van der Waals surface area contributed by atoms with Gasteiger partial charge in [0.15, 0.2) is 0 Å². The van der Waals surface area contributed by atoms with Gasteiger partial charge in [-0.05, 0) is 30.9 Å². The van der Waals surface area contributed by atoms with Gasteiger partial charge in [0.1, 0.15) is 5.25 Å². The predicted octanol–water partition coefficient (Wildman–Crippen LogP) is 3.16. The minimum absolute atomic E-state index is 0.166. The molecule has 0 aliphatic heterocycles. The van der Waals surface area contributed by atoms with E-state index >= 15 is 0 Å². The summed E-state index contributed by atoms with van der Waals surface area (Å²) in [6.45, 7) is 2.05. The molecule has 14 heavy (non-hydrogen) atoms. The number of aliphatic carboxylic acids is 1. The van der Waals surface area contributed by atoms with Crippen molar-refractivity contribution in [2.75, 3.05) is 5.75 Å². The molecule has 2 nitrogen and oxygen atoms in total. The highest BCUT2D eigenvalue weighted by Gasteiger charge is 2.21. The maximum atomic E-state index is 10.9. The van der Waals surface area contributed by atoms with E-state index in [9.17, 15) is 4.79 Å². The van der Waals surface area contributed by atoms with Gasteiger partial charge in [0.25, 0.3) is 0 Å². The Morgan fingerprint density at radius 1 is 1.50 bits per heavy atom. The maximum absolute atomic E-state index is 10.9. The van der Waals surface area contributed by atoms with Gasteiger partial charge in [-0.3, -0.25) is 4.79 Å². The van der Waals surface area contributed by atoms with Gasteiger partial charge in [0, 0.05) is 0 Å². The van der Waals surface area contributed by atoms with Crippen LogP contribution < -0.4 is 0 Å². The van der Waals surface area contributed by atoms with E-state index in [2.05, 4.69) is 0 Å². The monoisotopic (exact) mass is 216 g/mol. The first-order valence-electron chi connectivity index (χ1n) is 5.58. The van der Waals surface area contributed by atoms with Crippen LogP contribution in [0.5, 0.6) is 0 Å². The third-order valence-corrected chi connectivity index (χ3v) is 4.34. The lowest BCUT2D eigenvalue weighted by molar-refractivity contribution is -0.136. The third kappa shape index (κ3) is 3.91. The van der Waals surface area contributed by atoms with E-state index in [0.29, 0.717) is 0 Å². The van der Waals surface area contributed by atoms with E-state index in [1.165, 1.54) is 25.7 Å². The Balaban J connectivity index is 2.21. The zero-order valence-corrected chi connectivity index (χ0v) is 9.68. The number of carboxylic acids is 1. The van der Waals surface area contributed by atoms with E-state index in [0.717, 1.165) is 24.5 Å². The van der Waals surface area contributed by atoms with Gasteiger partial charge in [-0.1, -0.05) is 26.2 Å². The highest BCUT2D eigenvalue weighted by molar-refractivity contribution is 8.00. The molecule has 1 unspecified atom stereocenters.